The zero-order chi connectivity index (χ0) is 15.7. The third-order valence-electron chi connectivity index (χ3n) is 3.57. The van der Waals surface area contributed by atoms with Crippen LogP contribution in [0.4, 0.5) is 4.39 Å². The van der Waals surface area contributed by atoms with Crippen LogP contribution >= 0.6 is 0 Å². The van der Waals surface area contributed by atoms with Crippen molar-refractivity contribution >= 4 is 16.7 Å². The summed E-state index contributed by atoms with van der Waals surface area (Å²) in [5.74, 6) is 0.112. The molecule has 3 aromatic rings. The molecule has 0 radical (unpaired) electrons. The van der Waals surface area contributed by atoms with Crippen LogP contribution in [0, 0.1) is 5.82 Å². The van der Waals surface area contributed by atoms with Crippen LogP contribution in [-0.4, -0.2) is 22.7 Å². The molecule has 2 aromatic carbocycles. The third-order valence-corrected chi connectivity index (χ3v) is 3.57. The van der Waals surface area contributed by atoms with Gasteiger partial charge in [-0.25, -0.2) is 4.39 Å². The highest BCUT2D eigenvalue weighted by Crippen LogP contribution is 2.23. The third kappa shape index (κ3) is 2.35. The minimum Gasteiger partial charge on any atom is -0.497 e. The molecule has 1 aromatic heterocycles. The summed E-state index contributed by atoms with van der Waals surface area (Å²) in [6.45, 7) is 2.43. The first-order chi connectivity index (χ1) is 10.6. The van der Waals surface area contributed by atoms with Crippen LogP contribution in [0.25, 0.3) is 10.9 Å². The number of benzene rings is 2. The number of hydrogen-bond acceptors (Lipinski definition) is 3. The number of ketones is 1. The van der Waals surface area contributed by atoms with E-state index in [2.05, 4.69) is 5.10 Å². The molecule has 0 saturated heterocycles. The quantitative estimate of drug-likeness (QED) is 0.693. The summed E-state index contributed by atoms with van der Waals surface area (Å²) in [4.78, 5) is 12.8. The number of carbonyl (C=O) groups is 1. The molecule has 22 heavy (non-hydrogen) atoms. The Kier molecular flexibility index (Phi) is 3.63. The van der Waals surface area contributed by atoms with Crippen molar-refractivity contribution in [3.63, 3.8) is 0 Å². The van der Waals surface area contributed by atoms with E-state index in [4.69, 9.17) is 4.74 Å². The fourth-order valence-electron chi connectivity index (χ4n) is 2.45. The standard InChI is InChI=1S/C17H15FN2O2/c1-3-20-16(14-10-12(18)6-9-15(14)19-20)17(21)11-4-7-13(22-2)8-5-11/h4-10H,3H2,1-2H3. The predicted molar refractivity (Wildman–Crippen MR) is 81.8 cm³/mol. The predicted octanol–water partition coefficient (Wildman–Crippen LogP) is 3.43. The molecular formula is C17H15FN2O2. The Morgan fingerprint density at radius 2 is 1.95 bits per heavy atom. The first-order valence-corrected chi connectivity index (χ1v) is 6.99. The Morgan fingerprint density at radius 1 is 1.23 bits per heavy atom. The summed E-state index contributed by atoms with van der Waals surface area (Å²) >= 11 is 0. The van der Waals surface area contributed by atoms with E-state index in [1.165, 1.54) is 12.1 Å². The largest absolute Gasteiger partial charge is 0.497 e. The van der Waals surface area contributed by atoms with Crippen LogP contribution in [0.2, 0.25) is 0 Å². The molecule has 0 amide bonds. The van der Waals surface area contributed by atoms with Gasteiger partial charge >= 0.3 is 0 Å². The summed E-state index contributed by atoms with van der Waals surface area (Å²) in [6, 6.07) is 11.1. The smallest absolute Gasteiger partial charge is 0.211 e. The van der Waals surface area contributed by atoms with Crippen LogP contribution in [0.1, 0.15) is 23.0 Å². The SMILES string of the molecule is CCn1nc2ccc(F)cc2c1C(=O)c1ccc(OC)cc1. The Balaban J connectivity index is 2.14. The number of aryl methyl sites for hydroxylation is 1. The van der Waals surface area contributed by atoms with E-state index >= 15 is 0 Å². The van der Waals surface area contributed by atoms with E-state index in [0.717, 1.165) is 0 Å². The maximum atomic E-state index is 13.5. The Morgan fingerprint density at radius 3 is 2.59 bits per heavy atom. The molecule has 112 valence electrons. The molecule has 0 unspecified atom stereocenters. The van der Waals surface area contributed by atoms with Crippen LogP contribution in [-0.2, 0) is 6.54 Å². The second kappa shape index (κ2) is 5.60. The molecule has 0 atom stereocenters. The molecule has 4 nitrogen and oxygen atoms in total. The van der Waals surface area contributed by atoms with Gasteiger partial charge in [-0.3, -0.25) is 9.48 Å². The number of nitrogens with zero attached hydrogens (tertiary/aromatic N) is 2. The molecule has 0 aliphatic carbocycles. The lowest BCUT2D eigenvalue weighted by molar-refractivity contribution is 0.103. The van der Waals surface area contributed by atoms with Crippen molar-refractivity contribution in [3.8, 4) is 5.75 Å². The van der Waals surface area contributed by atoms with Gasteiger partial charge in [0.25, 0.3) is 0 Å². The van der Waals surface area contributed by atoms with E-state index in [-0.39, 0.29) is 11.6 Å². The second-order valence-electron chi connectivity index (χ2n) is 4.88. The number of fused-ring (bicyclic) bond motifs is 1. The van der Waals surface area contributed by atoms with E-state index in [0.29, 0.717) is 34.5 Å². The summed E-state index contributed by atoms with van der Waals surface area (Å²) < 4.78 is 20.2. The van der Waals surface area contributed by atoms with E-state index in [9.17, 15) is 9.18 Å². The number of carbonyl (C=O) groups excluding carboxylic acids is 1. The average Bonchev–Trinajstić information content (AvgIpc) is 2.92. The highest BCUT2D eigenvalue weighted by molar-refractivity contribution is 6.15. The molecule has 0 spiro atoms. The molecule has 5 heteroatoms. The summed E-state index contributed by atoms with van der Waals surface area (Å²) in [6.07, 6.45) is 0. The maximum Gasteiger partial charge on any atom is 0.211 e. The van der Waals surface area contributed by atoms with Crippen LogP contribution in [0.5, 0.6) is 5.75 Å². The molecule has 0 N–H and O–H groups in total. The van der Waals surface area contributed by atoms with Crippen molar-refractivity contribution in [2.45, 2.75) is 13.5 Å². The Hall–Kier alpha value is -2.69. The number of rotatable bonds is 4. The minimum absolute atomic E-state index is 0.183. The molecule has 0 aliphatic heterocycles. The molecule has 0 bridgehead atoms. The molecular weight excluding hydrogens is 283 g/mol. The number of aromatic nitrogens is 2. The molecule has 0 aliphatic rings. The van der Waals surface area contributed by atoms with Gasteiger partial charge in [-0.15, -0.1) is 0 Å². The van der Waals surface area contributed by atoms with Gasteiger partial charge in [0.15, 0.2) is 0 Å². The zero-order valence-corrected chi connectivity index (χ0v) is 12.3. The van der Waals surface area contributed by atoms with Gasteiger partial charge in [-0.1, -0.05) is 0 Å². The lowest BCUT2D eigenvalue weighted by Gasteiger charge is -2.06. The van der Waals surface area contributed by atoms with Gasteiger partial charge in [-0.05, 0) is 49.4 Å². The van der Waals surface area contributed by atoms with Crippen LogP contribution < -0.4 is 4.74 Å². The first-order valence-electron chi connectivity index (χ1n) is 6.99. The topological polar surface area (TPSA) is 44.1 Å². The number of methoxy groups -OCH3 is 1. The van der Waals surface area contributed by atoms with Gasteiger partial charge in [0, 0.05) is 17.5 Å². The summed E-state index contributed by atoms with van der Waals surface area (Å²) in [5.41, 5.74) is 1.53. The second-order valence-corrected chi connectivity index (χ2v) is 4.88. The first kappa shape index (κ1) is 14.3. The van der Waals surface area contributed by atoms with Crippen LogP contribution in [0.3, 0.4) is 0 Å². The molecule has 3 rings (SSSR count). The monoisotopic (exact) mass is 298 g/mol. The van der Waals surface area contributed by atoms with E-state index in [1.54, 1.807) is 42.1 Å². The number of hydrogen-bond donors (Lipinski definition) is 0. The Bertz CT molecular complexity index is 838. The highest BCUT2D eigenvalue weighted by Gasteiger charge is 2.19. The fourth-order valence-corrected chi connectivity index (χ4v) is 2.45. The van der Waals surface area contributed by atoms with Crippen molar-refractivity contribution in [1.82, 2.24) is 9.78 Å². The van der Waals surface area contributed by atoms with Gasteiger partial charge in [-0.2, -0.15) is 5.10 Å². The summed E-state index contributed by atoms with van der Waals surface area (Å²) in [7, 11) is 1.57. The van der Waals surface area contributed by atoms with Crippen molar-refractivity contribution in [2.24, 2.45) is 0 Å². The minimum atomic E-state index is -0.382. The lowest BCUT2D eigenvalue weighted by Crippen LogP contribution is -2.10. The van der Waals surface area contributed by atoms with Gasteiger partial charge in [0.1, 0.15) is 17.3 Å². The van der Waals surface area contributed by atoms with Crippen LogP contribution in [0.15, 0.2) is 42.5 Å². The maximum absolute atomic E-state index is 13.5. The van der Waals surface area contributed by atoms with Crippen molar-refractivity contribution in [1.29, 1.82) is 0 Å². The number of ether oxygens (including phenoxy) is 1. The lowest BCUT2D eigenvalue weighted by atomic mass is 10.0. The normalized spacial score (nSPS) is 10.9. The number of halogens is 1. The van der Waals surface area contributed by atoms with Crippen molar-refractivity contribution in [2.75, 3.05) is 7.11 Å². The fraction of sp³-hybridized carbons (Fsp3) is 0.176. The van der Waals surface area contributed by atoms with E-state index in [1.807, 2.05) is 6.92 Å². The van der Waals surface area contributed by atoms with Gasteiger partial charge < -0.3 is 4.74 Å². The summed E-state index contributed by atoms with van der Waals surface area (Å²) in [5, 5.41) is 4.89. The van der Waals surface area contributed by atoms with E-state index < -0.39 is 0 Å². The van der Waals surface area contributed by atoms with Crippen molar-refractivity contribution < 1.29 is 13.9 Å². The molecule has 1 heterocycles. The molecule has 0 saturated carbocycles. The van der Waals surface area contributed by atoms with Gasteiger partial charge in [0.05, 0.1) is 12.6 Å². The molecule has 0 fully saturated rings. The highest BCUT2D eigenvalue weighted by atomic mass is 19.1. The average molecular weight is 298 g/mol. The van der Waals surface area contributed by atoms with Gasteiger partial charge in [0.2, 0.25) is 5.78 Å². The van der Waals surface area contributed by atoms with Crippen molar-refractivity contribution in [3.05, 3.63) is 59.5 Å². The Labute approximate surface area is 127 Å². The zero-order valence-electron chi connectivity index (χ0n) is 12.3.